The van der Waals surface area contributed by atoms with Gasteiger partial charge in [0, 0.05) is 11.8 Å². The van der Waals surface area contributed by atoms with E-state index in [1.807, 2.05) is 13.8 Å². The van der Waals surface area contributed by atoms with Crippen molar-refractivity contribution >= 4 is 5.78 Å². The van der Waals surface area contributed by atoms with E-state index >= 15 is 0 Å². The number of hydrogen-bond acceptors (Lipinski definition) is 2. The third kappa shape index (κ3) is 2.38. The molecule has 2 heteroatoms. The zero-order valence-corrected chi connectivity index (χ0v) is 14.5. The van der Waals surface area contributed by atoms with Crippen LogP contribution in [0.25, 0.3) is 0 Å². The molecule has 0 radical (unpaired) electrons. The van der Waals surface area contributed by atoms with Gasteiger partial charge in [0.2, 0.25) is 0 Å². The zero-order valence-electron chi connectivity index (χ0n) is 14.5. The summed E-state index contributed by atoms with van der Waals surface area (Å²) < 4.78 is 0. The lowest BCUT2D eigenvalue weighted by molar-refractivity contribution is -0.130. The van der Waals surface area contributed by atoms with Crippen LogP contribution in [0, 0.1) is 29.1 Å². The Morgan fingerprint density at radius 2 is 1.91 bits per heavy atom. The molecule has 0 spiro atoms. The predicted molar refractivity (Wildman–Crippen MR) is 89.4 cm³/mol. The lowest BCUT2D eigenvalue weighted by atomic mass is 9.53. The maximum atomic E-state index is 12.3. The smallest absolute Gasteiger partial charge is 0.139 e. The fourth-order valence-electron chi connectivity index (χ4n) is 6.02. The first-order valence-electron chi connectivity index (χ1n) is 9.50. The van der Waals surface area contributed by atoms with Crippen molar-refractivity contribution < 1.29 is 9.90 Å². The van der Waals surface area contributed by atoms with Gasteiger partial charge in [-0.05, 0) is 68.6 Å². The van der Waals surface area contributed by atoms with Gasteiger partial charge in [-0.25, -0.2) is 0 Å². The normalized spacial score (nSPS) is 46.6. The van der Waals surface area contributed by atoms with Crippen LogP contribution in [0.5, 0.6) is 0 Å². The number of aliphatic hydroxyl groups is 1. The van der Waals surface area contributed by atoms with Gasteiger partial charge in [-0.2, -0.15) is 0 Å². The van der Waals surface area contributed by atoms with Crippen molar-refractivity contribution in [2.45, 2.75) is 78.2 Å². The van der Waals surface area contributed by atoms with E-state index in [9.17, 15) is 9.90 Å². The molecule has 4 rings (SSSR count). The van der Waals surface area contributed by atoms with Gasteiger partial charge in [0.25, 0.3) is 0 Å². The quantitative estimate of drug-likeness (QED) is 0.668. The number of hydrogen-bond donors (Lipinski definition) is 1. The summed E-state index contributed by atoms with van der Waals surface area (Å²) in [6, 6.07) is 0. The summed E-state index contributed by atoms with van der Waals surface area (Å²) in [6.07, 6.45) is 10.9. The zero-order chi connectivity index (χ0) is 15.9. The van der Waals surface area contributed by atoms with E-state index in [2.05, 4.69) is 13.0 Å². The molecule has 0 amide bonds. The van der Waals surface area contributed by atoms with Crippen molar-refractivity contribution in [2.75, 3.05) is 0 Å². The Hall–Kier alpha value is -0.630. The van der Waals surface area contributed by atoms with Gasteiger partial charge in [0.1, 0.15) is 5.78 Å². The molecule has 1 N–H and O–H groups in total. The van der Waals surface area contributed by atoms with Crippen LogP contribution < -0.4 is 0 Å². The molecule has 3 fully saturated rings. The minimum absolute atomic E-state index is 0.000685. The second kappa shape index (κ2) is 6.11. The topological polar surface area (TPSA) is 37.3 Å². The van der Waals surface area contributed by atoms with Gasteiger partial charge in [0.05, 0.1) is 6.10 Å². The van der Waals surface area contributed by atoms with Crippen molar-refractivity contribution in [1.82, 2.24) is 0 Å². The molecule has 2 nitrogen and oxygen atoms in total. The molecule has 22 heavy (non-hydrogen) atoms. The molecule has 0 aliphatic heterocycles. The van der Waals surface area contributed by atoms with Gasteiger partial charge in [-0.1, -0.05) is 32.4 Å². The number of Topliss-reactive ketones (excluding diaryl/α,β-unsaturated/α-hetero) is 1. The first kappa shape index (κ1) is 16.2. The molecular formula is C20H32O2. The summed E-state index contributed by atoms with van der Waals surface area (Å²) in [5.41, 5.74) is 1.54. The van der Waals surface area contributed by atoms with Crippen LogP contribution in [-0.2, 0) is 4.79 Å². The van der Waals surface area contributed by atoms with Crippen LogP contribution in [0.15, 0.2) is 11.6 Å². The van der Waals surface area contributed by atoms with Gasteiger partial charge >= 0.3 is 0 Å². The lowest BCUT2D eigenvalue weighted by Crippen LogP contribution is -2.46. The standard InChI is InChI=1S/C18H26O2.C2H6/c1-18-9-8-14-13-5-3-12(19)10-11(13)2-4-15(14)16(18)6-7-17(18)20;1-2/h2,12-16,19H,3-10H2,1H3;1-2H3. The summed E-state index contributed by atoms with van der Waals surface area (Å²) in [5.74, 6) is 3.43. The summed E-state index contributed by atoms with van der Waals surface area (Å²) in [4.78, 5) is 12.3. The minimum Gasteiger partial charge on any atom is -0.393 e. The van der Waals surface area contributed by atoms with Crippen molar-refractivity contribution in [3.8, 4) is 0 Å². The second-order valence-corrected chi connectivity index (χ2v) is 7.91. The van der Waals surface area contributed by atoms with Gasteiger partial charge < -0.3 is 5.11 Å². The Balaban J connectivity index is 0.000000693. The van der Waals surface area contributed by atoms with Crippen molar-refractivity contribution in [2.24, 2.45) is 29.1 Å². The van der Waals surface area contributed by atoms with E-state index in [4.69, 9.17) is 0 Å². The molecule has 4 aliphatic carbocycles. The molecule has 0 bridgehead atoms. The Kier molecular flexibility index (Phi) is 4.51. The van der Waals surface area contributed by atoms with Gasteiger partial charge in [-0.15, -0.1) is 0 Å². The fourth-order valence-corrected chi connectivity index (χ4v) is 6.02. The molecule has 6 unspecified atom stereocenters. The Labute approximate surface area is 135 Å². The van der Waals surface area contributed by atoms with E-state index in [0.29, 0.717) is 11.7 Å². The average Bonchev–Trinajstić information content (AvgIpc) is 2.84. The molecule has 6 atom stereocenters. The van der Waals surface area contributed by atoms with Crippen molar-refractivity contribution in [3.63, 3.8) is 0 Å². The summed E-state index contributed by atoms with van der Waals surface area (Å²) in [7, 11) is 0. The Bertz CT molecular complexity index is 466. The maximum Gasteiger partial charge on any atom is 0.139 e. The van der Waals surface area contributed by atoms with Crippen LogP contribution >= 0.6 is 0 Å². The summed E-state index contributed by atoms with van der Waals surface area (Å²) >= 11 is 0. The molecular weight excluding hydrogens is 272 g/mol. The third-order valence-corrected chi connectivity index (χ3v) is 7.13. The van der Waals surface area contributed by atoms with E-state index < -0.39 is 0 Å². The number of allylic oxidation sites excluding steroid dienone is 1. The summed E-state index contributed by atoms with van der Waals surface area (Å²) in [6.45, 7) is 6.24. The van der Waals surface area contributed by atoms with Gasteiger partial charge in [0.15, 0.2) is 0 Å². The highest BCUT2D eigenvalue weighted by Crippen LogP contribution is 2.60. The van der Waals surface area contributed by atoms with Crippen LogP contribution in [0.4, 0.5) is 0 Å². The number of aliphatic hydroxyl groups excluding tert-OH is 1. The van der Waals surface area contributed by atoms with E-state index in [1.165, 1.54) is 18.4 Å². The number of rotatable bonds is 0. The first-order valence-corrected chi connectivity index (χ1v) is 9.50. The molecule has 124 valence electrons. The third-order valence-electron chi connectivity index (χ3n) is 7.13. The molecule has 0 heterocycles. The van der Waals surface area contributed by atoms with Crippen LogP contribution in [0.1, 0.15) is 72.1 Å². The highest BCUT2D eigenvalue weighted by atomic mass is 16.3. The second-order valence-electron chi connectivity index (χ2n) is 7.91. The van der Waals surface area contributed by atoms with E-state index in [1.54, 1.807) is 0 Å². The highest BCUT2D eigenvalue weighted by molar-refractivity contribution is 5.87. The highest BCUT2D eigenvalue weighted by Gasteiger charge is 2.55. The van der Waals surface area contributed by atoms with Crippen LogP contribution in [0.3, 0.4) is 0 Å². The van der Waals surface area contributed by atoms with Crippen molar-refractivity contribution in [1.29, 1.82) is 0 Å². The number of carbonyl (C=O) groups excluding carboxylic acids is 1. The number of ketones is 1. The van der Waals surface area contributed by atoms with Crippen molar-refractivity contribution in [3.05, 3.63) is 11.6 Å². The average molecular weight is 304 g/mol. The van der Waals surface area contributed by atoms with Crippen LogP contribution in [0.2, 0.25) is 0 Å². The molecule has 0 saturated heterocycles. The lowest BCUT2D eigenvalue weighted by Gasteiger charge is -2.51. The monoisotopic (exact) mass is 304 g/mol. The SMILES string of the molecule is CC.CC12CCC3C4CCC(O)CC4=CCC3C1CCC2=O. The minimum atomic E-state index is -0.101. The predicted octanol–water partition coefficient (Wildman–Crippen LogP) is 4.52. The summed E-state index contributed by atoms with van der Waals surface area (Å²) in [5, 5.41) is 9.88. The molecule has 0 aromatic carbocycles. The fraction of sp³-hybridized carbons (Fsp3) is 0.850. The number of fused-ring (bicyclic) bond motifs is 5. The van der Waals surface area contributed by atoms with Crippen LogP contribution in [-0.4, -0.2) is 17.0 Å². The Morgan fingerprint density at radius 3 is 2.68 bits per heavy atom. The van der Waals surface area contributed by atoms with Gasteiger partial charge in [-0.3, -0.25) is 4.79 Å². The van der Waals surface area contributed by atoms with E-state index in [-0.39, 0.29) is 11.5 Å². The largest absolute Gasteiger partial charge is 0.393 e. The first-order chi connectivity index (χ1) is 10.6. The molecule has 4 aliphatic rings. The maximum absolute atomic E-state index is 12.3. The Morgan fingerprint density at radius 1 is 1.14 bits per heavy atom. The van der Waals surface area contributed by atoms with E-state index in [0.717, 1.165) is 56.3 Å². The molecule has 3 saturated carbocycles. The molecule has 0 aromatic heterocycles. The number of carbonyl (C=O) groups is 1. The molecule has 0 aromatic rings.